The largest absolute Gasteiger partial charge is 0.393 e. The van der Waals surface area contributed by atoms with Crippen molar-refractivity contribution >= 4 is 11.7 Å². The predicted molar refractivity (Wildman–Crippen MR) is 92.8 cm³/mol. The number of carbonyl (C=O) groups is 1. The van der Waals surface area contributed by atoms with Gasteiger partial charge in [-0.3, -0.25) is 4.68 Å². The van der Waals surface area contributed by atoms with Crippen LogP contribution in [0.5, 0.6) is 0 Å². The summed E-state index contributed by atoms with van der Waals surface area (Å²) in [5.41, 5.74) is 1.82. The van der Waals surface area contributed by atoms with Gasteiger partial charge in [0, 0.05) is 30.5 Å². The predicted octanol–water partition coefficient (Wildman–Crippen LogP) is 2.60. The minimum absolute atomic E-state index is 0.163. The van der Waals surface area contributed by atoms with Crippen molar-refractivity contribution in [1.82, 2.24) is 15.1 Å². The Morgan fingerprint density at radius 3 is 2.96 bits per heavy atom. The monoisotopic (exact) mass is 328 g/mol. The Kier molecular flexibility index (Phi) is 5.48. The molecule has 6 nitrogen and oxygen atoms in total. The molecule has 128 valence electrons. The quantitative estimate of drug-likeness (QED) is 0.789. The van der Waals surface area contributed by atoms with E-state index in [1.165, 1.54) is 0 Å². The molecule has 2 aromatic rings. The van der Waals surface area contributed by atoms with Crippen molar-refractivity contribution in [2.75, 3.05) is 11.9 Å². The third-order valence-electron chi connectivity index (χ3n) is 4.48. The molecule has 1 saturated carbocycles. The van der Waals surface area contributed by atoms with Crippen LogP contribution in [-0.4, -0.2) is 33.6 Å². The first-order chi connectivity index (χ1) is 11.7. The first-order valence-electron chi connectivity index (χ1n) is 8.50. The topological polar surface area (TPSA) is 79.2 Å². The van der Waals surface area contributed by atoms with Gasteiger partial charge in [0.05, 0.1) is 12.6 Å². The second kappa shape index (κ2) is 7.97. The Bertz CT molecular complexity index is 657. The van der Waals surface area contributed by atoms with Crippen LogP contribution in [0.3, 0.4) is 0 Å². The van der Waals surface area contributed by atoms with Crippen LogP contribution in [0.2, 0.25) is 0 Å². The average molecular weight is 328 g/mol. The van der Waals surface area contributed by atoms with E-state index in [1.807, 2.05) is 41.2 Å². The second-order valence-corrected chi connectivity index (χ2v) is 6.35. The van der Waals surface area contributed by atoms with Crippen molar-refractivity contribution in [3.05, 3.63) is 48.3 Å². The minimum Gasteiger partial charge on any atom is -0.393 e. The van der Waals surface area contributed by atoms with Gasteiger partial charge in [0.25, 0.3) is 0 Å². The summed E-state index contributed by atoms with van der Waals surface area (Å²) >= 11 is 0. The highest BCUT2D eigenvalue weighted by Crippen LogP contribution is 2.23. The molecule has 3 rings (SSSR count). The van der Waals surface area contributed by atoms with Crippen molar-refractivity contribution < 1.29 is 9.90 Å². The van der Waals surface area contributed by atoms with Gasteiger partial charge in [-0.1, -0.05) is 25.0 Å². The molecular weight excluding hydrogens is 304 g/mol. The molecule has 1 aromatic heterocycles. The van der Waals surface area contributed by atoms with Crippen LogP contribution < -0.4 is 10.6 Å². The Balaban J connectivity index is 1.50. The molecule has 0 saturated heterocycles. The first-order valence-corrected chi connectivity index (χ1v) is 8.50. The van der Waals surface area contributed by atoms with Gasteiger partial charge in [-0.25, -0.2) is 4.79 Å². The van der Waals surface area contributed by atoms with E-state index < -0.39 is 0 Å². The summed E-state index contributed by atoms with van der Waals surface area (Å²) in [4.78, 5) is 12.1. The van der Waals surface area contributed by atoms with Gasteiger partial charge in [-0.2, -0.15) is 5.10 Å². The fraction of sp³-hybridized carbons (Fsp3) is 0.444. The smallest absolute Gasteiger partial charge is 0.319 e. The number of benzene rings is 1. The Morgan fingerprint density at radius 1 is 1.29 bits per heavy atom. The molecule has 0 radical (unpaired) electrons. The maximum absolute atomic E-state index is 12.1. The summed E-state index contributed by atoms with van der Waals surface area (Å²) in [6.45, 7) is 1.18. The van der Waals surface area contributed by atoms with E-state index >= 15 is 0 Å². The number of nitrogens with one attached hydrogen (secondary N) is 2. The number of aliphatic hydroxyl groups excluding tert-OH is 1. The SMILES string of the molecule is O=C(NC[C@H]1CCCC[C@@H]1O)Nc1cccc(Cn2cccn2)c1. The molecule has 24 heavy (non-hydrogen) atoms. The Labute approximate surface area is 141 Å². The number of nitrogens with zero attached hydrogens (tertiary/aromatic N) is 2. The van der Waals surface area contributed by atoms with Crippen molar-refractivity contribution in [2.45, 2.75) is 38.3 Å². The van der Waals surface area contributed by atoms with Crippen molar-refractivity contribution in [3.8, 4) is 0 Å². The van der Waals surface area contributed by atoms with E-state index in [0.717, 1.165) is 36.9 Å². The summed E-state index contributed by atoms with van der Waals surface area (Å²) < 4.78 is 1.84. The van der Waals surface area contributed by atoms with Gasteiger partial charge in [0.1, 0.15) is 0 Å². The molecule has 1 aromatic carbocycles. The third kappa shape index (κ3) is 4.58. The van der Waals surface area contributed by atoms with Gasteiger partial charge >= 0.3 is 6.03 Å². The second-order valence-electron chi connectivity index (χ2n) is 6.35. The maximum atomic E-state index is 12.1. The molecule has 0 unspecified atom stereocenters. The van der Waals surface area contributed by atoms with E-state index in [9.17, 15) is 9.90 Å². The van der Waals surface area contributed by atoms with E-state index in [4.69, 9.17) is 0 Å². The van der Waals surface area contributed by atoms with E-state index in [-0.39, 0.29) is 18.1 Å². The van der Waals surface area contributed by atoms with Crippen LogP contribution in [0.25, 0.3) is 0 Å². The van der Waals surface area contributed by atoms with Crippen LogP contribution >= 0.6 is 0 Å². The number of amides is 2. The van der Waals surface area contributed by atoms with Gasteiger partial charge in [0.2, 0.25) is 0 Å². The zero-order chi connectivity index (χ0) is 16.8. The number of aliphatic hydroxyl groups is 1. The Morgan fingerprint density at radius 2 is 2.17 bits per heavy atom. The minimum atomic E-state index is -0.295. The molecular formula is C18H24N4O2. The summed E-state index contributed by atoms with van der Waals surface area (Å²) in [7, 11) is 0. The molecule has 1 heterocycles. The lowest BCUT2D eigenvalue weighted by atomic mass is 9.86. The van der Waals surface area contributed by atoms with Crippen molar-refractivity contribution in [3.63, 3.8) is 0 Å². The zero-order valence-corrected chi connectivity index (χ0v) is 13.7. The molecule has 1 aliphatic carbocycles. The fourth-order valence-electron chi connectivity index (χ4n) is 3.15. The summed E-state index contributed by atoms with van der Waals surface area (Å²) in [6, 6.07) is 9.37. The number of anilines is 1. The molecule has 0 bridgehead atoms. The molecule has 6 heteroatoms. The standard InChI is InChI=1S/C18H24N4O2/c23-17-8-2-1-6-15(17)12-19-18(24)21-16-7-3-5-14(11-16)13-22-10-4-9-20-22/h3-5,7,9-11,15,17,23H,1-2,6,8,12-13H2,(H2,19,21,24)/t15-,17+/m1/s1. The number of rotatable bonds is 5. The van der Waals surface area contributed by atoms with Crippen molar-refractivity contribution in [2.24, 2.45) is 5.92 Å². The molecule has 2 atom stereocenters. The van der Waals surface area contributed by atoms with Crippen LogP contribution in [0.1, 0.15) is 31.2 Å². The number of hydrogen-bond donors (Lipinski definition) is 3. The average Bonchev–Trinajstić information content (AvgIpc) is 3.07. The number of hydrogen-bond acceptors (Lipinski definition) is 3. The number of urea groups is 1. The normalized spacial score (nSPS) is 20.5. The fourth-order valence-corrected chi connectivity index (χ4v) is 3.15. The molecule has 3 N–H and O–H groups in total. The van der Waals surface area contributed by atoms with Crippen molar-refractivity contribution in [1.29, 1.82) is 0 Å². The third-order valence-corrected chi connectivity index (χ3v) is 4.48. The molecule has 0 aliphatic heterocycles. The molecule has 1 aliphatic rings. The maximum Gasteiger partial charge on any atom is 0.319 e. The van der Waals surface area contributed by atoms with Crippen LogP contribution in [-0.2, 0) is 6.54 Å². The molecule has 2 amide bonds. The van der Waals surface area contributed by atoms with Gasteiger partial charge < -0.3 is 15.7 Å². The van der Waals surface area contributed by atoms with Gasteiger partial charge in [-0.15, -0.1) is 0 Å². The molecule has 0 spiro atoms. The van der Waals surface area contributed by atoms with Gasteiger partial charge in [0.15, 0.2) is 0 Å². The Hall–Kier alpha value is -2.34. The van der Waals surface area contributed by atoms with Crippen LogP contribution in [0.4, 0.5) is 10.5 Å². The highest BCUT2D eigenvalue weighted by atomic mass is 16.3. The van der Waals surface area contributed by atoms with Crippen LogP contribution in [0, 0.1) is 5.92 Å². The lowest BCUT2D eigenvalue weighted by Crippen LogP contribution is -2.38. The summed E-state index contributed by atoms with van der Waals surface area (Å²) in [5, 5.41) is 19.9. The first kappa shape index (κ1) is 16.5. The van der Waals surface area contributed by atoms with E-state index in [2.05, 4.69) is 15.7 Å². The highest BCUT2D eigenvalue weighted by Gasteiger charge is 2.23. The number of aromatic nitrogens is 2. The van der Waals surface area contributed by atoms with E-state index in [1.54, 1.807) is 6.20 Å². The molecule has 1 fully saturated rings. The lowest BCUT2D eigenvalue weighted by molar-refractivity contribution is 0.0712. The highest BCUT2D eigenvalue weighted by molar-refractivity contribution is 5.89. The summed E-state index contributed by atoms with van der Waals surface area (Å²) in [5.74, 6) is 0.163. The van der Waals surface area contributed by atoms with Crippen LogP contribution in [0.15, 0.2) is 42.7 Å². The lowest BCUT2D eigenvalue weighted by Gasteiger charge is -2.27. The van der Waals surface area contributed by atoms with Gasteiger partial charge in [-0.05, 0) is 36.6 Å². The van der Waals surface area contributed by atoms with E-state index in [0.29, 0.717) is 13.1 Å². The number of carbonyl (C=O) groups excluding carboxylic acids is 1. The zero-order valence-electron chi connectivity index (χ0n) is 13.7. The summed E-state index contributed by atoms with van der Waals surface area (Å²) in [6.07, 6.45) is 7.37.